The molecule has 1 aliphatic carbocycles. The summed E-state index contributed by atoms with van der Waals surface area (Å²) >= 11 is 2.14. The van der Waals surface area contributed by atoms with Crippen molar-refractivity contribution in [2.24, 2.45) is 0 Å². The largest absolute Gasteiger partial charge is 0.306 e. The predicted molar refractivity (Wildman–Crippen MR) is 93.7 cm³/mol. The first-order chi connectivity index (χ1) is 10.1. The minimum atomic E-state index is -0.0132. The number of aryl methyl sites for hydroxylation is 2. The van der Waals surface area contributed by atoms with E-state index < -0.39 is 0 Å². The normalized spacial score (nSPS) is 15.6. The summed E-state index contributed by atoms with van der Waals surface area (Å²) in [6, 6.07) is 6.21. The van der Waals surface area contributed by atoms with Gasteiger partial charge in [0.25, 0.3) is 5.56 Å². The van der Waals surface area contributed by atoms with Crippen LogP contribution >= 0.6 is 22.6 Å². The fourth-order valence-electron chi connectivity index (χ4n) is 2.97. The fourth-order valence-corrected chi connectivity index (χ4v) is 3.67. The molecule has 0 aliphatic heterocycles. The highest BCUT2D eigenvalue weighted by atomic mass is 127. The Morgan fingerprint density at radius 2 is 1.90 bits per heavy atom. The van der Waals surface area contributed by atoms with Gasteiger partial charge in [0.1, 0.15) is 5.82 Å². The monoisotopic (exact) mass is 394 g/mol. The molecule has 1 N–H and O–H groups in total. The first-order valence-corrected chi connectivity index (χ1v) is 8.51. The van der Waals surface area contributed by atoms with Crippen LogP contribution in [0.1, 0.15) is 48.4 Å². The number of halogens is 1. The number of nitrogens with one attached hydrogen (secondary N) is 1. The first-order valence-electron chi connectivity index (χ1n) is 7.43. The van der Waals surface area contributed by atoms with Crippen LogP contribution in [0.3, 0.4) is 0 Å². The molecule has 3 rings (SSSR count). The van der Waals surface area contributed by atoms with E-state index in [-0.39, 0.29) is 5.56 Å². The van der Waals surface area contributed by atoms with Crippen LogP contribution in [-0.2, 0) is 0 Å². The highest BCUT2D eigenvalue weighted by Gasteiger charge is 2.23. The van der Waals surface area contributed by atoms with Crippen molar-refractivity contribution in [2.45, 2.75) is 45.4 Å². The highest BCUT2D eigenvalue weighted by molar-refractivity contribution is 14.1. The lowest BCUT2D eigenvalue weighted by Crippen LogP contribution is -2.18. The standard InChI is InChI=1S/C17H19IN2O/c1-10-7-8-13(9-11(10)2)16-19-15(12-5-3-4-6-12)14(18)17(21)20-16/h7-9,12H,3-6H2,1-2H3,(H,19,20,21). The summed E-state index contributed by atoms with van der Waals surface area (Å²) in [5.41, 5.74) is 4.44. The second-order valence-electron chi connectivity index (χ2n) is 5.89. The van der Waals surface area contributed by atoms with Crippen molar-refractivity contribution in [2.75, 3.05) is 0 Å². The lowest BCUT2D eigenvalue weighted by Gasteiger charge is -2.12. The Balaban J connectivity index is 2.10. The molecule has 1 heterocycles. The van der Waals surface area contributed by atoms with Crippen LogP contribution in [0.5, 0.6) is 0 Å². The Hall–Kier alpha value is -1.17. The third kappa shape index (κ3) is 2.91. The van der Waals surface area contributed by atoms with E-state index in [9.17, 15) is 4.79 Å². The third-order valence-corrected chi connectivity index (χ3v) is 5.45. The Morgan fingerprint density at radius 1 is 1.19 bits per heavy atom. The number of benzene rings is 1. The van der Waals surface area contributed by atoms with E-state index in [2.05, 4.69) is 53.6 Å². The van der Waals surface area contributed by atoms with Gasteiger partial charge in [-0.1, -0.05) is 25.0 Å². The number of nitrogens with zero attached hydrogens (tertiary/aromatic N) is 1. The van der Waals surface area contributed by atoms with E-state index >= 15 is 0 Å². The minimum Gasteiger partial charge on any atom is -0.306 e. The molecule has 0 saturated heterocycles. The van der Waals surface area contributed by atoms with Crippen molar-refractivity contribution < 1.29 is 0 Å². The molecule has 0 spiro atoms. The van der Waals surface area contributed by atoms with Crippen molar-refractivity contribution >= 4 is 22.6 Å². The molecule has 1 fully saturated rings. The lowest BCUT2D eigenvalue weighted by atomic mass is 10.0. The van der Waals surface area contributed by atoms with E-state index in [1.807, 2.05) is 6.07 Å². The summed E-state index contributed by atoms with van der Waals surface area (Å²) < 4.78 is 0.757. The van der Waals surface area contributed by atoms with Gasteiger partial charge in [0, 0.05) is 11.5 Å². The predicted octanol–water partition coefficient (Wildman–Crippen LogP) is 4.32. The van der Waals surface area contributed by atoms with Crippen LogP contribution < -0.4 is 5.56 Å². The van der Waals surface area contributed by atoms with Gasteiger partial charge in [-0.2, -0.15) is 0 Å². The van der Waals surface area contributed by atoms with Gasteiger partial charge in [0.15, 0.2) is 0 Å². The quantitative estimate of drug-likeness (QED) is 0.772. The average molecular weight is 394 g/mol. The van der Waals surface area contributed by atoms with Gasteiger partial charge in [-0.25, -0.2) is 4.98 Å². The van der Waals surface area contributed by atoms with Crippen LogP contribution in [-0.4, -0.2) is 9.97 Å². The van der Waals surface area contributed by atoms with Crippen molar-refractivity contribution in [1.29, 1.82) is 0 Å². The number of rotatable bonds is 2. The highest BCUT2D eigenvalue weighted by Crippen LogP contribution is 2.35. The van der Waals surface area contributed by atoms with Crippen molar-refractivity contribution in [1.82, 2.24) is 9.97 Å². The molecule has 0 amide bonds. The molecule has 3 nitrogen and oxygen atoms in total. The molecule has 0 atom stereocenters. The SMILES string of the molecule is Cc1ccc(-c2nc(C3CCCC3)c(I)c(=O)[nH]2)cc1C. The Labute approximate surface area is 138 Å². The van der Waals surface area contributed by atoms with Crippen molar-refractivity contribution in [3.05, 3.63) is 48.9 Å². The van der Waals surface area contributed by atoms with Crippen molar-refractivity contribution in [3.63, 3.8) is 0 Å². The summed E-state index contributed by atoms with van der Waals surface area (Å²) in [4.78, 5) is 20.0. The molecule has 1 aliphatic rings. The van der Waals surface area contributed by atoms with Gasteiger partial charge in [-0.15, -0.1) is 0 Å². The van der Waals surface area contributed by atoms with Gasteiger partial charge in [0.05, 0.1) is 9.26 Å². The smallest absolute Gasteiger partial charge is 0.264 e. The van der Waals surface area contributed by atoms with E-state index in [0.717, 1.165) is 27.7 Å². The molecular formula is C17H19IN2O. The van der Waals surface area contributed by atoms with Gasteiger partial charge in [0.2, 0.25) is 0 Å². The number of H-pyrrole nitrogens is 1. The second-order valence-corrected chi connectivity index (χ2v) is 6.97. The van der Waals surface area contributed by atoms with Crippen LogP contribution in [0.4, 0.5) is 0 Å². The molecule has 1 aromatic carbocycles. The topological polar surface area (TPSA) is 45.8 Å². The number of hydrogen-bond donors (Lipinski definition) is 1. The zero-order valence-electron chi connectivity index (χ0n) is 12.4. The zero-order chi connectivity index (χ0) is 15.0. The maximum absolute atomic E-state index is 12.2. The number of hydrogen-bond acceptors (Lipinski definition) is 2. The molecule has 0 radical (unpaired) electrons. The van der Waals surface area contributed by atoms with Gasteiger partial charge in [-0.3, -0.25) is 4.79 Å². The number of aromatic amines is 1. The van der Waals surface area contributed by atoms with Gasteiger partial charge >= 0.3 is 0 Å². The maximum Gasteiger partial charge on any atom is 0.264 e. The van der Waals surface area contributed by atoms with E-state index in [0.29, 0.717) is 11.7 Å². The minimum absolute atomic E-state index is 0.0132. The van der Waals surface area contributed by atoms with Crippen LogP contribution in [0.25, 0.3) is 11.4 Å². The Kier molecular flexibility index (Phi) is 4.15. The summed E-state index contributed by atoms with van der Waals surface area (Å²) in [5, 5.41) is 0. The summed E-state index contributed by atoms with van der Waals surface area (Å²) in [7, 11) is 0. The molecule has 1 aromatic heterocycles. The molecule has 110 valence electrons. The second kappa shape index (κ2) is 5.91. The fraction of sp³-hybridized carbons (Fsp3) is 0.412. The molecule has 0 unspecified atom stereocenters. The van der Waals surface area contributed by atoms with Crippen LogP contribution in [0.2, 0.25) is 0 Å². The molecule has 0 bridgehead atoms. The van der Waals surface area contributed by atoms with Gasteiger partial charge < -0.3 is 4.98 Å². The summed E-state index contributed by atoms with van der Waals surface area (Å²) in [6.07, 6.45) is 4.79. The lowest BCUT2D eigenvalue weighted by molar-refractivity contribution is 0.687. The van der Waals surface area contributed by atoms with Crippen LogP contribution in [0.15, 0.2) is 23.0 Å². The summed E-state index contributed by atoms with van der Waals surface area (Å²) in [6.45, 7) is 4.18. The third-order valence-electron chi connectivity index (χ3n) is 4.41. The van der Waals surface area contributed by atoms with Gasteiger partial charge in [-0.05, 0) is 66.5 Å². The molecule has 2 aromatic rings. The zero-order valence-corrected chi connectivity index (χ0v) is 14.5. The Morgan fingerprint density at radius 3 is 2.57 bits per heavy atom. The summed E-state index contributed by atoms with van der Waals surface area (Å²) in [5.74, 6) is 1.15. The Bertz CT molecular complexity index is 730. The maximum atomic E-state index is 12.2. The van der Waals surface area contributed by atoms with E-state index in [1.54, 1.807) is 0 Å². The van der Waals surface area contributed by atoms with E-state index in [4.69, 9.17) is 4.98 Å². The van der Waals surface area contributed by atoms with Crippen molar-refractivity contribution in [3.8, 4) is 11.4 Å². The molecule has 1 saturated carbocycles. The number of aromatic nitrogens is 2. The van der Waals surface area contributed by atoms with Crippen LogP contribution in [0, 0.1) is 17.4 Å². The molecule has 21 heavy (non-hydrogen) atoms. The van der Waals surface area contributed by atoms with E-state index in [1.165, 1.54) is 24.0 Å². The average Bonchev–Trinajstić information content (AvgIpc) is 2.98. The molecular weight excluding hydrogens is 375 g/mol. The first kappa shape index (κ1) is 14.8. The molecule has 4 heteroatoms.